The number of anilines is 1. The molecule has 1 aliphatic rings. The number of methoxy groups -OCH3 is 1. The Bertz CT molecular complexity index is 761. The van der Waals surface area contributed by atoms with Gasteiger partial charge in [-0.2, -0.15) is 0 Å². The first-order valence-electron chi connectivity index (χ1n) is 8.18. The van der Waals surface area contributed by atoms with Crippen LogP contribution >= 0.6 is 15.9 Å². The van der Waals surface area contributed by atoms with Crippen LogP contribution in [-0.4, -0.2) is 44.1 Å². The smallest absolute Gasteiger partial charge is 0.227 e. The molecule has 0 radical (unpaired) electrons. The van der Waals surface area contributed by atoms with E-state index in [-0.39, 0.29) is 18.1 Å². The van der Waals surface area contributed by atoms with Gasteiger partial charge in [-0.25, -0.2) is 4.39 Å². The molecule has 0 atom stereocenters. The number of halogens is 2. The van der Waals surface area contributed by atoms with E-state index in [2.05, 4.69) is 20.8 Å². The van der Waals surface area contributed by atoms with Crippen LogP contribution in [0.15, 0.2) is 46.9 Å². The molecule has 2 aromatic carbocycles. The van der Waals surface area contributed by atoms with Crippen molar-refractivity contribution in [2.45, 2.75) is 6.42 Å². The van der Waals surface area contributed by atoms with E-state index in [9.17, 15) is 9.18 Å². The minimum absolute atomic E-state index is 0.0447. The van der Waals surface area contributed by atoms with E-state index in [1.165, 1.54) is 6.07 Å². The highest BCUT2D eigenvalue weighted by molar-refractivity contribution is 9.10. The second kappa shape index (κ2) is 7.87. The summed E-state index contributed by atoms with van der Waals surface area (Å²) in [5.41, 5.74) is 1.46. The second-order valence-electron chi connectivity index (χ2n) is 5.95. The molecule has 0 bridgehead atoms. The van der Waals surface area contributed by atoms with Crippen LogP contribution in [0.2, 0.25) is 0 Å². The number of carbonyl (C=O) groups is 1. The molecule has 132 valence electrons. The van der Waals surface area contributed by atoms with Crippen LogP contribution in [-0.2, 0) is 11.2 Å². The lowest BCUT2D eigenvalue weighted by atomic mass is 10.1. The standard InChI is InChI=1S/C19H20BrFN2O2/c1-25-18-5-3-2-4-17(18)22-8-10-23(11-9-22)19(24)13-14-12-15(20)6-7-16(14)21/h2-7,12H,8-11,13H2,1H3. The van der Waals surface area contributed by atoms with Crippen LogP contribution in [0.1, 0.15) is 5.56 Å². The number of para-hydroxylation sites is 2. The van der Waals surface area contributed by atoms with Crippen molar-refractivity contribution >= 4 is 27.5 Å². The first-order chi connectivity index (χ1) is 12.1. The van der Waals surface area contributed by atoms with Crippen molar-refractivity contribution in [2.75, 3.05) is 38.2 Å². The number of nitrogens with zero attached hydrogens (tertiary/aromatic N) is 2. The quantitative estimate of drug-likeness (QED) is 0.778. The number of piperazine rings is 1. The van der Waals surface area contributed by atoms with Gasteiger partial charge in [0.15, 0.2) is 0 Å². The largest absolute Gasteiger partial charge is 0.495 e. The predicted molar refractivity (Wildman–Crippen MR) is 99.6 cm³/mol. The molecule has 1 aliphatic heterocycles. The van der Waals surface area contributed by atoms with Gasteiger partial charge in [-0.3, -0.25) is 4.79 Å². The van der Waals surface area contributed by atoms with Crippen molar-refractivity contribution in [3.63, 3.8) is 0 Å². The fourth-order valence-electron chi connectivity index (χ4n) is 3.04. The maximum atomic E-state index is 13.9. The summed E-state index contributed by atoms with van der Waals surface area (Å²) in [4.78, 5) is 16.5. The number of rotatable bonds is 4. The van der Waals surface area contributed by atoms with Crippen LogP contribution in [0.3, 0.4) is 0 Å². The van der Waals surface area contributed by atoms with Crippen LogP contribution in [0.25, 0.3) is 0 Å². The Morgan fingerprint density at radius 3 is 2.60 bits per heavy atom. The highest BCUT2D eigenvalue weighted by Crippen LogP contribution is 2.28. The van der Waals surface area contributed by atoms with Gasteiger partial charge in [0, 0.05) is 30.7 Å². The second-order valence-corrected chi connectivity index (χ2v) is 6.87. The molecule has 0 aromatic heterocycles. The molecule has 0 saturated carbocycles. The van der Waals surface area contributed by atoms with Crippen molar-refractivity contribution in [3.8, 4) is 5.75 Å². The summed E-state index contributed by atoms with van der Waals surface area (Å²) in [5.74, 6) is 0.444. The van der Waals surface area contributed by atoms with Crippen molar-refractivity contribution < 1.29 is 13.9 Å². The van der Waals surface area contributed by atoms with Crippen LogP contribution in [0.5, 0.6) is 5.75 Å². The molecule has 1 saturated heterocycles. The number of carbonyl (C=O) groups excluding carboxylic acids is 1. The predicted octanol–water partition coefficient (Wildman–Crippen LogP) is 3.49. The van der Waals surface area contributed by atoms with Crippen molar-refractivity contribution in [1.82, 2.24) is 4.90 Å². The molecule has 0 unspecified atom stereocenters. The fraction of sp³-hybridized carbons (Fsp3) is 0.316. The zero-order valence-corrected chi connectivity index (χ0v) is 15.6. The molecule has 0 N–H and O–H groups in total. The minimum atomic E-state index is -0.343. The Morgan fingerprint density at radius 2 is 1.88 bits per heavy atom. The molecule has 3 rings (SSSR count). The van der Waals surface area contributed by atoms with Crippen LogP contribution in [0.4, 0.5) is 10.1 Å². The van der Waals surface area contributed by atoms with E-state index in [1.54, 1.807) is 24.1 Å². The lowest BCUT2D eigenvalue weighted by molar-refractivity contribution is -0.130. The van der Waals surface area contributed by atoms with E-state index in [1.807, 2.05) is 24.3 Å². The monoisotopic (exact) mass is 406 g/mol. The summed E-state index contributed by atoms with van der Waals surface area (Å²) >= 11 is 3.32. The van der Waals surface area contributed by atoms with Crippen LogP contribution in [0, 0.1) is 5.82 Å². The molecule has 1 amide bonds. The molecule has 1 fully saturated rings. The number of hydrogen-bond donors (Lipinski definition) is 0. The summed E-state index contributed by atoms with van der Waals surface area (Å²) < 4.78 is 20.0. The van der Waals surface area contributed by atoms with E-state index in [0.29, 0.717) is 18.7 Å². The minimum Gasteiger partial charge on any atom is -0.495 e. The lowest BCUT2D eigenvalue weighted by Crippen LogP contribution is -2.49. The highest BCUT2D eigenvalue weighted by Gasteiger charge is 2.23. The number of benzene rings is 2. The molecular formula is C19H20BrFN2O2. The SMILES string of the molecule is COc1ccccc1N1CCN(C(=O)Cc2cc(Br)ccc2F)CC1. The third kappa shape index (κ3) is 4.12. The zero-order chi connectivity index (χ0) is 17.8. The summed E-state index contributed by atoms with van der Waals surface area (Å²) in [6, 6.07) is 12.6. The van der Waals surface area contributed by atoms with Gasteiger partial charge >= 0.3 is 0 Å². The van der Waals surface area contributed by atoms with Gasteiger partial charge in [-0.1, -0.05) is 28.1 Å². The van der Waals surface area contributed by atoms with Crippen molar-refractivity contribution in [2.24, 2.45) is 0 Å². The number of amides is 1. The maximum Gasteiger partial charge on any atom is 0.227 e. The number of hydrogen-bond acceptors (Lipinski definition) is 3. The Kier molecular flexibility index (Phi) is 5.58. The number of ether oxygens (including phenoxy) is 1. The molecule has 25 heavy (non-hydrogen) atoms. The molecule has 0 aliphatic carbocycles. The Hall–Kier alpha value is -2.08. The molecular weight excluding hydrogens is 387 g/mol. The Balaban J connectivity index is 1.62. The summed E-state index contributed by atoms with van der Waals surface area (Å²) in [7, 11) is 1.66. The first kappa shape index (κ1) is 17.7. The Labute approximate surface area is 155 Å². The third-order valence-corrected chi connectivity index (χ3v) is 4.90. The van der Waals surface area contributed by atoms with E-state index in [0.717, 1.165) is 29.0 Å². The van der Waals surface area contributed by atoms with Crippen LogP contribution < -0.4 is 9.64 Å². The van der Waals surface area contributed by atoms with E-state index >= 15 is 0 Å². The van der Waals surface area contributed by atoms with Gasteiger partial charge in [0.05, 0.1) is 19.2 Å². The van der Waals surface area contributed by atoms with Gasteiger partial charge in [0.2, 0.25) is 5.91 Å². The fourth-order valence-corrected chi connectivity index (χ4v) is 3.45. The van der Waals surface area contributed by atoms with Gasteiger partial charge < -0.3 is 14.5 Å². The van der Waals surface area contributed by atoms with Crippen molar-refractivity contribution in [1.29, 1.82) is 0 Å². The van der Waals surface area contributed by atoms with Gasteiger partial charge in [-0.15, -0.1) is 0 Å². The Morgan fingerprint density at radius 1 is 1.16 bits per heavy atom. The normalized spacial score (nSPS) is 14.5. The van der Waals surface area contributed by atoms with E-state index < -0.39 is 0 Å². The first-order valence-corrected chi connectivity index (χ1v) is 8.97. The third-order valence-electron chi connectivity index (χ3n) is 4.41. The molecule has 2 aromatic rings. The summed E-state index contributed by atoms with van der Waals surface area (Å²) in [5, 5.41) is 0. The summed E-state index contributed by atoms with van der Waals surface area (Å²) in [6.45, 7) is 2.69. The van der Waals surface area contributed by atoms with E-state index in [4.69, 9.17) is 4.74 Å². The average Bonchev–Trinajstić information content (AvgIpc) is 2.64. The highest BCUT2D eigenvalue weighted by atomic mass is 79.9. The van der Waals surface area contributed by atoms with Crippen molar-refractivity contribution in [3.05, 3.63) is 58.3 Å². The van der Waals surface area contributed by atoms with Gasteiger partial charge in [0.1, 0.15) is 11.6 Å². The molecule has 6 heteroatoms. The molecule has 1 heterocycles. The molecule has 0 spiro atoms. The maximum absolute atomic E-state index is 13.9. The average molecular weight is 407 g/mol. The topological polar surface area (TPSA) is 32.8 Å². The summed E-state index contributed by atoms with van der Waals surface area (Å²) in [6.07, 6.45) is 0.0833. The molecule has 4 nitrogen and oxygen atoms in total. The van der Waals surface area contributed by atoms with Gasteiger partial charge in [-0.05, 0) is 35.9 Å². The van der Waals surface area contributed by atoms with Gasteiger partial charge in [0.25, 0.3) is 0 Å². The lowest BCUT2D eigenvalue weighted by Gasteiger charge is -2.36. The zero-order valence-electron chi connectivity index (χ0n) is 14.0.